The fraction of sp³-hybridized carbons (Fsp3) is 0.727. The summed E-state index contributed by atoms with van der Waals surface area (Å²) in [4.78, 5) is 10.6. The van der Waals surface area contributed by atoms with Crippen molar-refractivity contribution in [2.45, 2.75) is 40.7 Å². The number of esters is 1. The number of ether oxygens (including phenoxy) is 1. The fourth-order valence-corrected chi connectivity index (χ4v) is 0.319. The molecule has 3 nitrogen and oxygen atoms in total. The molecular formula is C11H22O3. The minimum Gasteiger partial charge on any atom is -0.460 e. The number of carbonyl (C=O) groups is 1. The molecule has 84 valence electrons. The van der Waals surface area contributed by atoms with E-state index in [1.165, 1.54) is 0 Å². The molecule has 0 rings (SSSR count). The lowest BCUT2D eigenvalue weighted by Crippen LogP contribution is -2.15. The average molecular weight is 202 g/mol. The summed E-state index contributed by atoms with van der Waals surface area (Å²) in [6.07, 6.45) is -0.608. The van der Waals surface area contributed by atoms with Gasteiger partial charge in [-0.1, -0.05) is 27.4 Å². The Morgan fingerprint density at radius 3 is 1.93 bits per heavy atom. The number of carbonyl (C=O) groups excluding carboxylic acids is 1. The second-order valence-corrected chi connectivity index (χ2v) is 3.96. The van der Waals surface area contributed by atoms with Crippen molar-refractivity contribution in [2.24, 2.45) is 5.92 Å². The summed E-state index contributed by atoms with van der Waals surface area (Å²) in [5.41, 5.74) is 0.348. The topological polar surface area (TPSA) is 46.5 Å². The van der Waals surface area contributed by atoms with Crippen molar-refractivity contribution in [3.63, 3.8) is 0 Å². The van der Waals surface area contributed by atoms with E-state index < -0.39 is 12.1 Å². The Morgan fingerprint density at radius 2 is 1.71 bits per heavy atom. The van der Waals surface area contributed by atoms with Gasteiger partial charge in [0.15, 0.2) is 0 Å². The van der Waals surface area contributed by atoms with Gasteiger partial charge in [-0.3, -0.25) is 0 Å². The SMILES string of the molecule is C=C(C)C(=O)OCC(C)O.CC(C)C. The molecule has 1 N–H and O–H groups in total. The predicted molar refractivity (Wildman–Crippen MR) is 58.0 cm³/mol. The first-order valence-corrected chi connectivity index (χ1v) is 4.78. The van der Waals surface area contributed by atoms with Gasteiger partial charge in [-0.15, -0.1) is 0 Å². The first-order valence-electron chi connectivity index (χ1n) is 4.78. The third-order valence-corrected chi connectivity index (χ3v) is 0.804. The number of hydrogen-bond acceptors (Lipinski definition) is 3. The molecule has 0 aliphatic rings. The molecule has 0 saturated carbocycles. The number of aliphatic hydroxyl groups is 1. The van der Waals surface area contributed by atoms with Crippen molar-refractivity contribution < 1.29 is 14.6 Å². The standard InChI is InChI=1S/C7H12O3.C4H10/c1-5(2)7(9)10-4-6(3)8;1-4(2)3/h6,8H,1,4H2,2-3H3;4H,1-3H3. The molecule has 0 aliphatic carbocycles. The van der Waals surface area contributed by atoms with Crippen LogP contribution in [0.2, 0.25) is 0 Å². The highest BCUT2D eigenvalue weighted by atomic mass is 16.5. The van der Waals surface area contributed by atoms with Crippen LogP contribution in [0, 0.1) is 5.92 Å². The summed E-state index contributed by atoms with van der Waals surface area (Å²) < 4.78 is 4.58. The van der Waals surface area contributed by atoms with Gasteiger partial charge in [-0.2, -0.15) is 0 Å². The molecule has 0 aliphatic heterocycles. The Morgan fingerprint density at radius 1 is 1.36 bits per heavy atom. The molecule has 0 radical (unpaired) electrons. The van der Waals surface area contributed by atoms with Gasteiger partial charge in [0.1, 0.15) is 6.61 Å². The molecule has 14 heavy (non-hydrogen) atoms. The Kier molecular flexibility index (Phi) is 9.78. The molecule has 0 fully saturated rings. The van der Waals surface area contributed by atoms with Crippen LogP contribution in [0.5, 0.6) is 0 Å². The lowest BCUT2D eigenvalue weighted by molar-refractivity contribution is -0.141. The van der Waals surface area contributed by atoms with Crippen LogP contribution in [-0.4, -0.2) is 23.8 Å². The molecule has 3 heteroatoms. The lowest BCUT2D eigenvalue weighted by atomic mass is 10.3. The summed E-state index contributed by atoms with van der Waals surface area (Å²) in [5.74, 6) is 0.376. The van der Waals surface area contributed by atoms with E-state index in [4.69, 9.17) is 5.11 Å². The zero-order chi connectivity index (χ0) is 11.7. The lowest BCUT2D eigenvalue weighted by Gasteiger charge is -2.04. The van der Waals surface area contributed by atoms with Gasteiger partial charge < -0.3 is 9.84 Å². The molecule has 0 aromatic carbocycles. The van der Waals surface area contributed by atoms with Crippen LogP contribution in [-0.2, 0) is 9.53 Å². The van der Waals surface area contributed by atoms with Crippen LogP contribution in [0.3, 0.4) is 0 Å². The van der Waals surface area contributed by atoms with Crippen molar-refractivity contribution in [2.75, 3.05) is 6.61 Å². The molecular weight excluding hydrogens is 180 g/mol. The minimum absolute atomic E-state index is 0.0334. The molecule has 0 amide bonds. The molecule has 0 heterocycles. The van der Waals surface area contributed by atoms with Gasteiger partial charge in [0.05, 0.1) is 6.10 Å². The first-order chi connectivity index (χ1) is 6.27. The Bertz CT molecular complexity index is 169. The number of hydrogen-bond donors (Lipinski definition) is 1. The smallest absolute Gasteiger partial charge is 0.333 e. The van der Waals surface area contributed by atoms with Crippen molar-refractivity contribution in [3.05, 3.63) is 12.2 Å². The highest BCUT2D eigenvalue weighted by Gasteiger charge is 2.03. The molecule has 1 atom stereocenters. The summed E-state index contributed by atoms with van der Waals surface area (Å²) in [5, 5.41) is 8.68. The van der Waals surface area contributed by atoms with Crippen LogP contribution in [0.1, 0.15) is 34.6 Å². The number of aliphatic hydroxyl groups excluding tert-OH is 1. The van der Waals surface area contributed by atoms with Crippen molar-refractivity contribution in [1.29, 1.82) is 0 Å². The fourth-order valence-electron chi connectivity index (χ4n) is 0.319. The number of rotatable bonds is 3. The maximum atomic E-state index is 10.6. The molecule has 0 aromatic heterocycles. The van der Waals surface area contributed by atoms with Crippen LogP contribution in [0.25, 0.3) is 0 Å². The summed E-state index contributed by atoms with van der Waals surface area (Å²) in [7, 11) is 0. The van der Waals surface area contributed by atoms with Crippen LogP contribution in [0.15, 0.2) is 12.2 Å². The zero-order valence-corrected chi connectivity index (χ0v) is 9.83. The van der Waals surface area contributed by atoms with E-state index in [0.717, 1.165) is 5.92 Å². The highest BCUT2D eigenvalue weighted by molar-refractivity contribution is 5.86. The minimum atomic E-state index is -0.608. The largest absolute Gasteiger partial charge is 0.460 e. The van der Waals surface area contributed by atoms with Gasteiger partial charge in [-0.05, 0) is 19.8 Å². The van der Waals surface area contributed by atoms with E-state index >= 15 is 0 Å². The van der Waals surface area contributed by atoms with Gasteiger partial charge in [0.2, 0.25) is 0 Å². The maximum Gasteiger partial charge on any atom is 0.333 e. The highest BCUT2D eigenvalue weighted by Crippen LogP contribution is 1.92. The molecule has 0 bridgehead atoms. The normalized spacial score (nSPS) is 11.4. The Labute approximate surface area is 86.8 Å². The van der Waals surface area contributed by atoms with Crippen molar-refractivity contribution >= 4 is 5.97 Å². The summed E-state index contributed by atoms with van der Waals surface area (Å²) >= 11 is 0. The molecule has 0 saturated heterocycles. The van der Waals surface area contributed by atoms with Crippen LogP contribution < -0.4 is 0 Å². The van der Waals surface area contributed by atoms with Crippen molar-refractivity contribution in [1.82, 2.24) is 0 Å². The summed E-state index contributed by atoms with van der Waals surface area (Å²) in [6, 6.07) is 0. The van der Waals surface area contributed by atoms with E-state index in [1.54, 1.807) is 13.8 Å². The first kappa shape index (κ1) is 15.6. The van der Waals surface area contributed by atoms with Gasteiger partial charge >= 0.3 is 5.97 Å². The van der Waals surface area contributed by atoms with Crippen LogP contribution >= 0.6 is 0 Å². The molecule has 0 aromatic rings. The van der Waals surface area contributed by atoms with E-state index in [2.05, 4.69) is 32.1 Å². The van der Waals surface area contributed by atoms with E-state index in [0.29, 0.717) is 5.57 Å². The monoisotopic (exact) mass is 202 g/mol. The van der Waals surface area contributed by atoms with E-state index in [1.807, 2.05) is 0 Å². The van der Waals surface area contributed by atoms with E-state index in [9.17, 15) is 4.79 Å². The van der Waals surface area contributed by atoms with Gasteiger partial charge in [-0.25, -0.2) is 4.79 Å². The van der Waals surface area contributed by atoms with Crippen LogP contribution in [0.4, 0.5) is 0 Å². The molecule has 0 spiro atoms. The summed E-state index contributed by atoms with van der Waals surface area (Å²) in [6.45, 7) is 13.0. The second kappa shape index (κ2) is 8.75. The van der Waals surface area contributed by atoms with Gasteiger partial charge in [0, 0.05) is 5.57 Å². The van der Waals surface area contributed by atoms with Gasteiger partial charge in [0.25, 0.3) is 0 Å². The second-order valence-electron chi connectivity index (χ2n) is 3.96. The average Bonchev–Trinajstić information content (AvgIpc) is 1.98. The zero-order valence-electron chi connectivity index (χ0n) is 9.83. The predicted octanol–water partition coefficient (Wildman–Crippen LogP) is 2.15. The third-order valence-electron chi connectivity index (χ3n) is 0.804. The Hall–Kier alpha value is -0.830. The maximum absolute atomic E-state index is 10.6. The Balaban J connectivity index is 0. The van der Waals surface area contributed by atoms with E-state index in [-0.39, 0.29) is 6.61 Å². The van der Waals surface area contributed by atoms with Crippen molar-refractivity contribution in [3.8, 4) is 0 Å². The quantitative estimate of drug-likeness (QED) is 0.563. The third kappa shape index (κ3) is 17.3. The molecule has 1 unspecified atom stereocenters.